The van der Waals surface area contributed by atoms with Crippen molar-refractivity contribution in [3.63, 3.8) is 0 Å². The van der Waals surface area contributed by atoms with E-state index in [2.05, 4.69) is 119 Å². The lowest BCUT2D eigenvalue weighted by Gasteiger charge is -2.43. The number of hydrogen-bond acceptors (Lipinski definition) is 6. The van der Waals surface area contributed by atoms with E-state index >= 15 is 0 Å². The SMILES string of the molecule is CCN(CC)CCCN1c2ccc(C3=CC4Sc5ccccc5N(CCCNC)C4C=C3)cc2SC2C=CC=CC21. The zero-order valence-corrected chi connectivity index (χ0v) is 26.3. The van der Waals surface area contributed by atoms with Crippen molar-refractivity contribution in [2.75, 3.05) is 56.1 Å². The number of nitrogens with one attached hydrogen (secondary N) is 1. The monoisotopic (exact) mass is 584 g/mol. The molecular formula is C35H44N4S2. The topological polar surface area (TPSA) is 21.8 Å². The van der Waals surface area contributed by atoms with Crippen molar-refractivity contribution in [3.05, 3.63) is 90.6 Å². The highest BCUT2D eigenvalue weighted by atomic mass is 32.2. The zero-order valence-electron chi connectivity index (χ0n) is 24.7. The smallest absolute Gasteiger partial charge is 0.0634 e. The van der Waals surface area contributed by atoms with Crippen molar-refractivity contribution in [1.29, 1.82) is 0 Å². The third-order valence-corrected chi connectivity index (χ3v) is 11.4. The highest BCUT2D eigenvalue weighted by molar-refractivity contribution is 8.00. The number of hydrogen-bond donors (Lipinski definition) is 1. The van der Waals surface area contributed by atoms with Crippen LogP contribution in [0.2, 0.25) is 0 Å². The molecule has 4 aliphatic rings. The summed E-state index contributed by atoms with van der Waals surface area (Å²) in [6.07, 6.45) is 18.9. The van der Waals surface area contributed by atoms with Gasteiger partial charge in [-0.2, -0.15) is 0 Å². The van der Waals surface area contributed by atoms with Gasteiger partial charge in [-0.15, -0.1) is 23.5 Å². The Labute approximate surface area is 255 Å². The number of thioether (sulfide) groups is 2. The molecule has 0 aromatic heterocycles. The van der Waals surface area contributed by atoms with Gasteiger partial charge in [0.05, 0.1) is 34.0 Å². The van der Waals surface area contributed by atoms with Crippen molar-refractivity contribution in [3.8, 4) is 0 Å². The minimum Gasteiger partial charge on any atom is -0.363 e. The molecule has 0 radical (unpaired) electrons. The molecule has 0 amide bonds. The quantitative estimate of drug-likeness (QED) is 0.282. The predicted molar refractivity (Wildman–Crippen MR) is 181 cm³/mol. The molecule has 0 saturated heterocycles. The molecule has 0 spiro atoms. The highest BCUT2D eigenvalue weighted by Crippen LogP contribution is 2.47. The summed E-state index contributed by atoms with van der Waals surface area (Å²) in [6.45, 7) is 11.2. The van der Waals surface area contributed by atoms with Crippen LogP contribution in [0.4, 0.5) is 11.4 Å². The Morgan fingerprint density at radius 3 is 2.37 bits per heavy atom. The first-order valence-electron chi connectivity index (χ1n) is 15.4. The average molecular weight is 585 g/mol. The molecule has 2 heterocycles. The lowest BCUT2D eigenvalue weighted by molar-refractivity contribution is 0.300. The van der Waals surface area contributed by atoms with Crippen LogP contribution in [0.3, 0.4) is 0 Å². The third-order valence-electron chi connectivity index (χ3n) is 8.83. The molecule has 0 fully saturated rings. The van der Waals surface area contributed by atoms with Crippen LogP contribution in [0.5, 0.6) is 0 Å². The van der Waals surface area contributed by atoms with E-state index in [1.807, 2.05) is 30.6 Å². The highest BCUT2D eigenvalue weighted by Gasteiger charge is 2.35. The Morgan fingerprint density at radius 2 is 1.54 bits per heavy atom. The van der Waals surface area contributed by atoms with Crippen LogP contribution in [0, 0.1) is 0 Å². The fourth-order valence-electron chi connectivity index (χ4n) is 6.59. The first kappa shape index (κ1) is 28.7. The predicted octanol–water partition coefficient (Wildman–Crippen LogP) is 7.11. The first-order chi connectivity index (χ1) is 20.2. The lowest BCUT2D eigenvalue weighted by Crippen LogP contribution is -2.45. The molecular weight excluding hydrogens is 541 g/mol. The summed E-state index contributed by atoms with van der Waals surface area (Å²) in [5.74, 6) is 0. The molecule has 4 nitrogen and oxygen atoms in total. The van der Waals surface area contributed by atoms with Gasteiger partial charge in [0.25, 0.3) is 0 Å². The molecule has 1 N–H and O–H groups in total. The molecule has 216 valence electrons. The summed E-state index contributed by atoms with van der Waals surface area (Å²) < 4.78 is 0. The maximum absolute atomic E-state index is 3.32. The van der Waals surface area contributed by atoms with Gasteiger partial charge < -0.3 is 20.0 Å². The second-order valence-corrected chi connectivity index (χ2v) is 13.7. The molecule has 4 atom stereocenters. The van der Waals surface area contributed by atoms with Gasteiger partial charge in [0, 0.05) is 22.9 Å². The molecule has 2 aromatic carbocycles. The van der Waals surface area contributed by atoms with Gasteiger partial charge >= 0.3 is 0 Å². The van der Waals surface area contributed by atoms with Gasteiger partial charge in [0.1, 0.15) is 0 Å². The van der Waals surface area contributed by atoms with Gasteiger partial charge in [-0.05, 0) is 81.5 Å². The van der Waals surface area contributed by atoms with E-state index in [0.717, 1.165) is 45.7 Å². The summed E-state index contributed by atoms with van der Waals surface area (Å²) >= 11 is 4.06. The number of fused-ring (bicyclic) bond motifs is 4. The number of nitrogens with zero attached hydrogens (tertiary/aromatic N) is 3. The zero-order chi connectivity index (χ0) is 28.2. The maximum Gasteiger partial charge on any atom is 0.0634 e. The van der Waals surface area contributed by atoms with Gasteiger partial charge in [0.2, 0.25) is 0 Å². The van der Waals surface area contributed by atoms with Crippen molar-refractivity contribution < 1.29 is 0 Å². The van der Waals surface area contributed by atoms with Crippen LogP contribution < -0.4 is 15.1 Å². The van der Waals surface area contributed by atoms with Crippen molar-refractivity contribution >= 4 is 40.5 Å². The van der Waals surface area contributed by atoms with E-state index in [-0.39, 0.29) is 0 Å². The number of anilines is 2. The fraction of sp³-hybridized carbons (Fsp3) is 0.429. The molecule has 6 heteroatoms. The van der Waals surface area contributed by atoms with E-state index in [1.165, 1.54) is 38.7 Å². The van der Waals surface area contributed by atoms with Crippen molar-refractivity contribution in [2.45, 2.75) is 59.1 Å². The molecule has 4 unspecified atom stereocenters. The molecule has 2 aromatic rings. The van der Waals surface area contributed by atoms with Crippen LogP contribution in [-0.4, -0.2) is 73.8 Å². The standard InChI is InChI=1S/C35H44N4S2/c1-4-37(5-2)21-11-23-39-29-13-7-9-15-33(29)41-35-25-27(17-19-31(35)39)26-16-18-30-34(24-26)40-32-14-8-6-12-28(32)38(30)22-10-20-36-3/h6-9,12-19,24-25,29-30,33-34,36H,4-5,10-11,20-23H2,1-3H3. The summed E-state index contributed by atoms with van der Waals surface area (Å²) in [7, 11) is 2.04. The van der Waals surface area contributed by atoms with Gasteiger partial charge in [-0.3, -0.25) is 0 Å². The summed E-state index contributed by atoms with van der Waals surface area (Å²) in [5.41, 5.74) is 5.47. The second kappa shape index (κ2) is 13.3. The minimum absolute atomic E-state index is 0.392. The van der Waals surface area contributed by atoms with Crippen LogP contribution in [0.15, 0.2) is 94.8 Å². The van der Waals surface area contributed by atoms with E-state index in [0.29, 0.717) is 22.6 Å². The van der Waals surface area contributed by atoms with E-state index in [4.69, 9.17) is 0 Å². The Bertz CT molecular complexity index is 1330. The number of allylic oxidation sites excluding steroid dienone is 4. The van der Waals surface area contributed by atoms with Crippen LogP contribution in [-0.2, 0) is 0 Å². The Hall–Kier alpha value is -2.38. The summed E-state index contributed by atoms with van der Waals surface area (Å²) in [6, 6.07) is 17.0. The number of para-hydroxylation sites is 1. The molecule has 2 aliphatic heterocycles. The van der Waals surface area contributed by atoms with Crippen LogP contribution in [0.1, 0.15) is 32.3 Å². The van der Waals surface area contributed by atoms with Gasteiger partial charge in [0.15, 0.2) is 0 Å². The van der Waals surface area contributed by atoms with E-state index in [9.17, 15) is 0 Å². The van der Waals surface area contributed by atoms with Gasteiger partial charge in [-0.1, -0.05) is 74.6 Å². The third kappa shape index (κ3) is 6.08. The van der Waals surface area contributed by atoms with Crippen LogP contribution in [0.25, 0.3) is 5.57 Å². The van der Waals surface area contributed by atoms with Crippen LogP contribution >= 0.6 is 23.5 Å². The Balaban J connectivity index is 1.25. The van der Waals surface area contributed by atoms with Crippen molar-refractivity contribution in [2.24, 2.45) is 0 Å². The molecule has 6 rings (SSSR count). The number of rotatable bonds is 11. The Kier molecular flexibility index (Phi) is 9.31. The number of benzene rings is 2. The van der Waals surface area contributed by atoms with Crippen molar-refractivity contribution in [1.82, 2.24) is 10.2 Å². The minimum atomic E-state index is 0.392. The maximum atomic E-state index is 3.32. The average Bonchev–Trinajstić information content (AvgIpc) is 3.01. The molecule has 0 saturated carbocycles. The fourth-order valence-corrected chi connectivity index (χ4v) is 9.28. The largest absolute Gasteiger partial charge is 0.363 e. The normalized spacial score (nSPS) is 24.1. The van der Waals surface area contributed by atoms with Gasteiger partial charge in [-0.25, -0.2) is 0 Å². The van der Waals surface area contributed by atoms with E-state index in [1.54, 1.807) is 0 Å². The second-order valence-electron chi connectivity index (χ2n) is 11.3. The summed E-state index contributed by atoms with van der Waals surface area (Å²) in [5, 5.41) is 4.20. The first-order valence-corrected chi connectivity index (χ1v) is 17.2. The molecule has 0 bridgehead atoms. The Morgan fingerprint density at radius 1 is 0.805 bits per heavy atom. The lowest BCUT2D eigenvalue weighted by atomic mass is 9.94. The molecule has 41 heavy (non-hydrogen) atoms. The summed E-state index contributed by atoms with van der Waals surface area (Å²) in [4.78, 5) is 10.6. The van der Waals surface area contributed by atoms with E-state index < -0.39 is 0 Å². The molecule has 2 aliphatic carbocycles.